The van der Waals surface area contributed by atoms with Crippen LogP contribution in [0.25, 0.3) is 0 Å². The van der Waals surface area contributed by atoms with E-state index in [2.05, 4.69) is 38.3 Å². The molecule has 0 spiro atoms. The third-order valence-corrected chi connectivity index (χ3v) is 13.8. The third kappa shape index (κ3) is 5.08. The monoisotopic (exact) mass is 542 g/mol. The maximum atomic E-state index is 12.8. The van der Waals surface area contributed by atoms with E-state index in [0.29, 0.717) is 59.5 Å². The molecule has 3 N–H and O–H groups in total. The van der Waals surface area contributed by atoms with Crippen molar-refractivity contribution < 1.29 is 14.6 Å². The number of hydrogen-bond acceptors (Lipinski definition) is 3. The molecule has 1 heterocycles. The number of ether oxygens (including phenoxy) is 1. The molecule has 5 heteroatoms. The van der Waals surface area contributed by atoms with Crippen molar-refractivity contribution in [1.29, 1.82) is 0 Å². The van der Waals surface area contributed by atoms with Crippen molar-refractivity contribution in [2.75, 3.05) is 6.61 Å². The van der Waals surface area contributed by atoms with E-state index in [0.717, 1.165) is 55.8 Å². The van der Waals surface area contributed by atoms with Crippen LogP contribution in [0.15, 0.2) is 0 Å². The third-order valence-electron chi connectivity index (χ3n) is 13.8. The van der Waals surface area contributed by atoms with Gasteiger partial charge in [-0.05, 0) is 129 Å². The molecule has 12 atom stereocenters. The normalized spacial score (nSPS) is 48.4. The van der Waals surface area contributed by atoms with Crippen molar-refractivity contribution in [2.24, 2.45) is 52.3 Å². The molecule has 222 valence electrons. The summed E-state index contributed by atoms with van der Waals surface area (Å²) in [6.07, 6.45) is 19.6. The van der Waals surface area contributed by atoms with Crippen LogP contribution in [0.3, 0.4) is 0 Å². The van der Waals surface area contributed by atoms with E-state index in [9.17, 15) is 9.90 Å². The van der Waals surface area contributed by atoms with Crippen LogP contribution < -0.4 is 10.6 Å². The highest BCUT2D eigenvalue weighted by Gasteiger charge is 2.65. The summed E-state index contributed by atoms with van der Waals surface area (Å²) in [6, 6.07) is 0.826. The van der Waals surface area contributed by atoms with Crippen LogP contribution in [0.2, 0.25) is 0 Å². The van der Waals surface area contributed by atoms with E-state index in [1.54, 1.807) is 0 Å². The summed E-state index contributed by atoms with van der Waals surface area (Å²) in [4.78, 5) is 12.8. The number of hydrogen-bond donors (Lipinski definition) is 3. The second-order valence-electron chi connectivity index (χ2n) is 15.8. The molecule has 0 bridgehead atoms. The molecule has 0 radical (unpaired) electrons. The fourth-order valence-corrected chi connectivity index (χ4v) is 11.6. The molecule has 39 heavy (non-hydrogen) atoms. The number of carbonyl (C=O) groups excluding carboxylic acids is 1. The SMILES string of the molecule is C[C@@H](CO)CC[C@H]1O[C@H]2C[C@H]3[C@@H]4CC[C@@H]5C[C@H](NC(=O)NC6CCCCC6)CC[C@]5(C)[C@H]4CC[C@]3(C)[C@H]2[C@@H]1C. The highest BCUT2D eigenvalue weighted by Crippen LogP contribution is 2.70. The van der Waals surface area contributed by atoms with E-state index in [4.69, 9.17) is 4.74 Å². The summed E-state index contributed by atoms with van der Waals surface area (Å²) in [5, 5.41) is 16.2. The van der Waals surface area contributed by atoms with Gasteiger partial charge in [0.2, 0.25) is 0 Å². The first kappa shape index (κ1) is 28.3. The first-order valence-corrected chi connectivity index (χ1v) is 17.1. The van der Waals surface area contributed by atoms with Crippen molar-refractivity contribution in [3.63, 3.8) is 0 Å². The number of carbonyl (C=O) groups is 1. The average Bonchev–Trinajstić information content (AvgIpc) is 3.40. The first-order valence-electron chi connectivity index (χ1n) is 17.1. The van der Waals surface area contributed by atoms with Gasteiger partial charge in [0.05, 0.1) is 12.2 Å². The lowest BCUT2D eigenvalue weighted by Gasteiger charge is -2.61. The van der Waals surface area contributed by atoms with Gasteiger partial charge in [-0.1, -0.05) is 47.0 Å². The molecule has 0 aromatic rings. The van der Waals surface area contributed by atoms with Crippen molar-refractivity contribution in [3.8, 4) is 0 Å². The minimum Gasteiger partial charge on any atom is -0.396 e. The molecule has 1 saturated heterocycles. The quantitative estimate of drug-likeness (QED) is 0.336. The van der Waals surface area contributed by atoms with Crippen LogP contribution in [0.5, 0.6) is 0 Å². The average molecular weight is 543 g/mol. The lowest BCUT2D eigenvalue weighted by atomic mass is 9.44. The van der Waals surface area contributed by atoms with Crippen molar-refractivity contribution in [1.82, 2.24) is 10.6 Å². The van der Waals surface area contributed by atoms with E-state index in [1.165, 1.54) is 64.2 Å². The standard InChI is InChI=1S/C34H58N2O3/c1-21(20-37)10-13-29-22(2)31-30(39-29)19-28-26-12-11-23-18-25(36-32(38)35-24-8-6-5-7-9-24)14-16-33(23,3)27(26)15-17-34(28,31)4/h21-31,37H,5-20H2,1-4H3,(H2,35,36,38)/t21-,22-,23-,25-,26-,27+,28+,29-,30+,31+,33+,34+/m1/s1. The van der Waals surface area contributed by atoms with Gasteiger partial charge >= 0.3 is 6.03 Å². The van der Waals surface area contributed by atoms with Crippen LogP contribution in [0.4, 0.5) is 4.79 Å². The van der Waals surface area contributed by atoms with Crippen LogP contribution >= 0.6 is 0 Å². The zero-order chi connectivity index (χ0) is 27.4. The van der Waals surface area contributed by atoms with Gasteiger partial charge in [-0.3, -0.25) is 0 Å². The van der Waals surface area contributed by atoms with Crippen LogP contribution in [0.1, 0.15) is 124 Å². The fraction of sp³-hybridized carbons (Fsp3) is 0.971. The van der Waals surface area contributed by atoms with Gasteiger partial charge < -0.3 is 20.5 Å². The minimum atomic E-state index is 0.0911. The number of nitrogens with one attached hydrogen (secondary N) is 2. The number of aliphatic hydroxyl groups excluding tert-OH is 1. The van der Waals surface area contributed by atoms with Gasteiger partial charge in [0.15, 0.2) is 0 Å². The summed E-state index contributed by atoms with van der Waals surface area (Å²) in [5.41, 5.74) is 0.872. The van der Waals surface area contributed by atoms with Crippen LogP contribution in [0, 0.1) is 52.3 Å². The maximum absolute atomic E-state index is 12.8. The Morgan fingerprint density at radius 1 is 0.923 bits per heavy atom. The zero-order valence-corrected chi connectivity index (χ0v) is 25.4. The van der Waals surface area contributed by atoms with E-state index >= 15 is 0 Å². The van der Waals surface area contributed by atoms with Crippen molar-refractivity contribution in [3.05, 3.63) is 0 Å². The molecular formula is C34H58N2O3. The lowest BCUT2D eigenvalue weighted by Crippen LogP contribution is -2.56. The summed E-state index contributed by atoms with van der Waals surface area (Å²) in [6.45, 7) is 10.2. The number of aliphatic hydroxyl groups is 1. The van der Waals surface area contributed by atoms with Gasteiger partial charge in [-0.25, -0.2) is 4.79 Å². The Hall–Kier alpha value is -0.810. The molecule has 5 nitrogen and oxygen atoms in total. The van der Waals surface area contributed by atoms with E-state index in [1.807, 2.05) is 0 Å². The van der Waals surface area contributed by atoms with Crippen molar-refractivity contribution >= 4 is 6.03 Å². The molecule has 0 aromatic heterocycles. The maximum Gasteiger partial charge on any atom is 0.315 e. The van der Waals surface area contributed by atoms with E-state index < -0.39 is 0 Å². The van der Waals surface area contributed by atoms with Gasteiger partial charge in [0, 0.05) is 18.7 Å². The smallest absolute Gasteiger partial charge is 0.315 e. The Morgan fingerprint density at radius 2 is 1.67 bits per heavy atom. The Morgan fingerprint density at radius 3 is 2.44 bits per heavy atom. The van der Waals surface area contributed by atoms with E-state index in [-0.39, 0.29) is 6.03 Å². The highest BCUT2D eigenvalue weighted by molar-refractivity contribution is 5.74. The molecule has 0 unspecified atom stereocenters. The largest absolute Gasteiger partial charge is 0.396 e. The predicted octanol–water partition coefficient (Wildman–Crippen LogP) is 7.07. The molecule has 0 aromatic carbocycles. The van der Waals surface area contributed by atoms with Crippen LogP contribution in [-0.4, -0.2) is 42.0 Å². The highest BCUT2D eigenvalue weighted by atomic mass is 16.5. The van der Waals surface area contributed by atoms with Crippen molar-refractivity contribution in [2.45, 2.75) is 148 Å². The Bertz CT molecular complexity index is 875. The summed E-state index contributed by atoms with van der Waals surface area (Å²) < 4.78 is 6.84. The summed E-state index contributed by atoms with van der Waals surface area (Å²) in [7, 11) is 0. The second-order valence-corrected chi connectivity index (χ2v) is 15.8. The Labute approximate surface area is 238 Å². The molecule has 6 rings (SSSR count). The van der Waals surface area contributed by atoms with Gasteiger partial charge in [-0.2, -0.15) is 0 Å². The predicted molar refractivity (Wildman–Crippen MR) is 156 cm³/mol. The molecule has 2 amide bonds. The minimum absolute atomic E-state index is 0.0911. The molecular weight excluding hydrogens is 484 g/mol. The molecule has 5 saturated carbocycles. The van der Waals surface area contributed by atoms with Gasteiger partial charge in [0.25, 0.3) is 0 Å². The fourth-order valence-electron chi connectivity index (χ4n) is 11.6. The number of amides is 2. The zero-order valence-electron chi connectivity index (χ0n) is 25.4. The number of rotatable bonds is 6. The Balaban J connectivity index is 1.07. The Kier molecular flexibility index (Phi) is 8.07. The number of urea groups is 1. The van der Waals surface area contributed by atoms with Gasteiger partial charge in [-0.15, -0.1) is 0 Å². The second kappa shape index (κ2) is 11.1. The lowest BCUT2D eigenvalue weighted by molar-refractivity contribution is -0.118. The van der Waals surface area contributed by atoms with Gasteiger partial charge in [0.1, 0.15) is 0 Å². The number of fused-ring (bicyclic) bond motifs is 7. The van der Waals surface area contributed by atoms with Crippen LogP contribution in [-0.2, 0) is 4.74 Å². The summed E-state index contributed by atoms with van der Waals surface area (Å²) in [5.74, 6) is 5.02. The molecule has 5 aliphatic carbocycles. The summed E-state index contributed by atoms with van der Waals surface area (Å²) >= 11 is 0. The topological polar surface area (TPSA) is 70.6 Å². The molecule has 6 fully saturated rings. The first-order chi connectivity index (χ1) is 18.7. The molecule has 6 aliphatic rings. The molecule has 1 aliphatic heterocycles.